The van der Waals surface area contributed by atoms with Crippen molar-refractivity contribution in [3.63, 3.8) is 0 Å². The molecule has 0 heterocycles. The van der Waals surface area contributed by atoms with Crippen molar-refractivity contribution < 1.29 is 13.9 Å². The monoisotopic (exact) mass is 291 g/mol. The number of hydrogen-bond acceptors (Lipinski definition) is 4. The molecule has 20 heavy (non-hydrogen) atoms. The third-order valence-corrected chi connectivity index (χ3v) is 3.52. The van der Waals surface area contributed by atoms with Crippen LogP contribution in [0.4, 0.5) is 10.1 Å². The average Bonchev–Trinajstić information content (AvgIpc) is 2.44. The van der Waals surface area contributed by atoms with Crippen molar-refractivity contribution in [2.45, 2.75) is 4.90 Å². The summed E-state index contributed by atoms with van der Waals surface area (Å²) in [6.45, 7) is 0.224. The Balaban J connectivity index is 1.80. The van der Waals surface area contributed by atoms with E-state index >= 15 is 0 Å². The summed E-state index contributed by atoms with van der Waals surface area (Å²) in [7, 11) is 0. The van der Waals surface area contributed by atoms with Gasteiger partial charge in [0.2, 0.25) is 0 Å². The number of carbonyl (C=O) groups excluding carboxylic acids is 1. The van der Waals surface area contributed by atoms with Gasteiger partial charge in [-0.05, 0) is 30.3 Å². The molecule has 2 aromatic carbocycles. The smallest absolute Gasteiger partial charge is 0.341 e. The number of nitrogens with two attached hydrogens (primary N) is 1. The van der Waals surface area contributed by atoms with Gasteiger partial charge in [0.1, 0.15) is 12.4 Å². The first-order chi connectivity index (χ1) is 9.66. The van der Waals surface area contributed by atoms with Crippen LogP contribution in [0, 0.1) is 5.82 Å². The van der Waals surface area contributed by atoms with E-state index in [9.17, 15) is 9.18 Å². The Kier molecular flexibility index (Phi) is 5.01. The normalized spacial score (nSPS) is 10.2. The van der Waals surface area contributed by atoms with E-state index in [1.807, 2.05) is 30.3 Å². The van der Waals surface area contributed by atoms with Gasteiger partial charge in [0.05, 0.1) is 5.56 Å². The van der Waals surface area contributed by atoms with E-state index in [0.29, 0.717) is 5.75 Å². The summed E-state index contributed by atoms with van der Waals surface area (Å²) in [6, 6.07) is 13.7. The van der Waals surface area contributed by atoms with Crippen LogP contribution < -0.4 is 5.73 Å². The average molecular weight is 291 g/mol. The Hall–Kier alpha value is -2.01. The van der Waals surface area contributed by atoms with E-state index in [1.165, 1.54) is 12.1 Å². The van der Waals surface area contributed by atoms with Crippen LogP contribution in [0.15, 0.2) is 53.4 Å². The van der Waals surface area contributed by atoms with Crippen molar-refractivity contribution in [2.24, 2.45) is 0 Å². The molecule has 0 radical (unpaired) electrons. The van der Waals surface area contributed by atoms with Gasteiger partial charge in [-0.1, -0.05) is 18.2 Å². The minimum Gasteiger partial charge on any atom is -0.461 e. The summed E-state index contributed by atoms with van der Waals surface area (Å²) in [5, 5.41) is 0. The molecule has 0 saturated carbocycles. The first kappa shape index (κ1) is 14.4. The number of halogens is 1. The van der Waals surface area contributed by atoms with E-state index in [2.05, 4.69) is 0 Å². The Morgan fingerprint density at radius 3 is 2.65 bits per heavy atom. The van der Waals surface area contributed by atoms with Gasteiger partial charge >= 0.3 is 5.97 Å². The molecule has 2 N–H and O–H groups in total. The molecular weight excluding hydrogens is 277 g/mol. The molecule has 0 bridgehead atoms. The maximum absolute atomic E-state index is 13.5. The van der Waals surface area contributed by atoms with Crippen LogP contribution in [0.1, 0.15) is 10.4 Å². The fourth-order valence-electron chi connectivity index (χ4n) is 1.59. The number of carbonyl (C=O) groups is 1. The highest BCUT2D eigenvalue weighted by molar-refractivity contribution is 7.99. The molecule has 0 spiro atoms. The molecule has 0 saturated heterocycles. The lowest BCUT2D eigenvalue weighted by molar-refractivity contribution is 0.0525. The Bertz CT molecular complexity index is 590. The lowest BCUT2D eigenvalue weighted by atomic mass is 10.2. The second kappa shape index (κ2) is 6.96. The number of anilines is 1. The topological polar surface area (TPSA) is 52.3 Å². The quantitative estimate of drug-likeness (QED) is 0.397. The predicted molar refractivity (Wildman–Crippen MR) is 78.3 cm³/mol. The minimum absolute atomic E-state index is 0.0936. The fraction of sp³-hybridized carbons (Fsp3) is 0.133. The molecule has 0 aromatic heterocycles. The second-order valence-electron chi connectivity index (χ2n) is 4.04. The lowest BCUT2D eigenvalue weighted by Gasteiger charge is -2.06. The number of thioether (sulfide) groups is 1. The van der Waals surface area contributed by atoms with E-state index in [-0.39, 0.29) is 17.9 Å². The van der Waals surface area contributed by atoms with Gasteiger partial charge in [-0.25, -0.2) is 9.18 Å². The largest absolute Gasteiger partial charge is 0.461 e. The molecule has 0 aliphatic heterocycles. The highest BCUT2D eigenvalue weighted by Crippen LogP contribution is 2.17. The van der Waals surface area contributed by atoms with E-state index in [0.717, 1.165) is 11.0 Å². The van der Waals surface area contributed by atoms with Crippen LogP contribution in [-0.4, -0.2) is 18.3 Å². The molecular formula is C15H14FNO2S. The van der Waals surface area contributed by atoms with Gasteiger partial charge in [0.15, 0.2) is 0 Å². The van der Waals surface area contributed by atoms with Crippen LogP contribution in [0.5, 0.6) is 0 Å². The van der Waals surface area contributed by atoms with Gasteiger partial charge in [0, 0.05) is 16.3 Å². The van der Waals surface area contributed by atoms with Gasteiger partial charge in [-0.3, -0.25) is 0 Å². The Morgan fingerprint density at radius 1 is 1.20 bits per heavy atom. The molecule has 2 aromatic rings. The standard InChI is InChI=1S/C15H14FNO2S/c16-14-10-11(17)6-7-13(14)15(18)19-8-9-20-12-4-2-1-3-5-12/h1-7,10H,8-9,17H2. The van der Waals surface area contributed by atoms with Crippen molar-refractivity contribution in [2.75, 3.05) is 18.1 Å². The molecule has 0 amide bonds. The van der Waals surface area contributed by atoms with E-state index in [4.69, 9.17) is 10.5 Å². The minimum atomic E-state index is -0.670. The summed E-state index contributed by atoms with van der Waals surface area (Å²) >= 11 is 1.57. The van der Waals surface area contributed by atoms with Crippen molar-refractivity contribution in [3.05, 3.63) is 59.9 Å². The van der Waals surface area contributed by atoms with Crippen LogP contribution >= 0.6 is 11.8 Å². The summed E-state index contributed by atoms with van der Waals surface area (Å²) in [4.78, 5) is 12.8. The van der Waals surface area contributed by atoms with Crippen molar-refractivity contribution in [3.8, 4) is 0 Å². The molecule has 0 aliphatic rings. The maximum Gasteiger partial charge on any atom is 0.341 e. The number of benzene rings is 2. The number of esters is 1. The van der Waals surface area contributed by atoms with Crippen molar-refractivity contribution in [1.29, 1.82) is 0 Å². The Labute approximate surface area is 120 Å². The zero-order valence-electron chi connectivity index (χ0n) is 10.7. The molecule has 0 unspecified atom stereocenters. The molecule has 3 nitrogen and oxygen atoms in total. The predicted octanol–water partition coefficient (Wildman–Crippen LogP) is 3.36. The zero-order chi connectivity index (χ0) is 14.4. The zero-order valence-corrected chi connectivity index (χ0v) is 11.5. The summed E-state index contributed by atoms with van der Waals surface area (Å²) in [6.07, 6.45) is 0. The van der Waals surface area contributed by atoms with Crippen molar-refractivity contribution >= 4 is 23.4 Å². The number of hydrogen-bond donors (Lipinski definition) is 1. The molecule has 5 heteroatoms. The summed E-state index contributed by atoms with van der Waals surface area (Å²) in [5.41, 5.74) is 5.60. The van der Waals surface area contributed by atoms with Gasteiger partial charge in [-0.15, -0.1) is 11.8 Å². The van der Waals surface area contributed by atoms with Crippen LogP contribution in [0.25, 0.3) is 0 Å². The van der Waals surface area contributed by atoms with Gasteiger partial charge < -0.3 is 10.5 Å². The van der Waals surface area contributed by atoms with Crippen molar-refractivity contribution in [1.82, 2.24) is 0 Å². The van der Waals surface area contributed by atoms with Crippen LogP contribution in [0.2, 0.25) is 0 Å². The molecule has 104 valence electrons. The SMILES string of the molecule is Nc1ccc(C(=O)OCCSc2ccccc2)c(F)c1. The van der Waals surface area contributed by atoms with Gasteiger partial charge in [-0.2, -0.15) is 0 Å². The first-order valence-corrected chi connectivity index (χ1v) is 7.05. The van der Waals surface area contributed by atoms with E-state index < -0.39 is 11.8 Å². The lowest BCUT2D eigenvalue weighted by Crippen LogP contribution is -2.10. The van der Waals surface area contributed by atoms with Crippen LogP contribution in [0.3, 0.4) is 0 Å². The third-order valence-electron chi connectivity index (χ3n) is 2.54. The van der Waals surface area contributed by atoms with Crippen LogP contribution in [-0.2, 0) is 4.74 Å². The summed E-state index contributed by atoms with van der Waals surface area (Å²) in [5.74, 6) is -0.714. The number of ether oxygens (including phenoxy) is 1. The maximum atomic E-state index is 13.5. The molecule has 0 aliphatic carbocycles. The highest BCUT2D eigenvalue weighted by Gasteiger charge is 2.12. The van der Waals surface area contributed by atoms with Gasteiger partial charge in [0.25, 0.3) is 0 Å². The molecule has 0 atom stereocenters. The number of rotatable bonds is 5. The molecule has 2 rings (SSSR count). The first-order valence-electron chi connectivity index (χ1n) is 6.07. The fourth-order valence-corrected chi connectivity index (χ4v) is 2.34. The highest BCUT2D eigenvalue weighted by atomic mass is 32.2. The van der Waals surface area contributed by atoms with E-state index in [1.54, 1.807) is 11.8 Å². The number of nitrogen functional groups attached to an aromatic ring is 1. The second-order valence-corrected chi connectivity index (χ2v) is 5.21. The summed E-state index contributed by atoms with van der Waals surface area (Å²) < 4.78 is 18.5. The Morgan fingerprint density at radius 2 is 1.95 bits per heavy atom. The molecule has 0 fully saturated rings. The third kappa shape index (κ3) is 3.99.